The molecule has 5 aromatic rings. The number of anilines is 3. The zero-order chi connectivity index (χ0) is 26.6. The molecule has 8 nitrogen and oxygen atoms in total. The lowest BCUT2D eigenvalue weighted by Gasteiger charge is -2.36. The Morgan fingerprint density at radius 2 is 1.56 bits per heavy atom. The van der Waals surface area contributed by atoms with Crippen LogP contribution in [-0.2, 0) is 11.2 Å². The van der Waals surface area contributed by atoms with Crippen molar-refractivity contribution in [3.63, 3.8) is 0 Å². The van der Waals surface area contributed by atoms with Gasteiger partial charge in [0.15, 0.2) is 0 Å². The minimum atomic E-state index is -0.136. The molecular weight excluding hydrogens is 488 g/mol. The molecule has 6 rings (SSSR count). The molecule has 3 aromatic carbocycles. The molecule has 2 aromatic heterocycles. The van der Waals surface area contributed by atoms with E-state index >= 15 is 0 Å². The molecule has 1 aliphatic heterocycles. The number of carbonyl (C=O) groups excluding carboxylic acids is 1. The number of piperazine rings is 1. The SMILES string of the molecule is O=C(Cc1cccc(O)c1)Nc1ccc(-c2ccc3ncc(N4CCN(c5ccncc5)CC4)nc3c2)cc1. The number of fused-ring (bicyclic) bond motifs is 1. The number of amides is 1. The van der Waals surface area contributed by atoms with Crippen molar-refractivity contribution >= 4 is 34.1 Å². The van der Waals surface area contributed by atoms with Gasteiger partial charge < -0.3 is 20.2 Å². The van der Waals surface area contributed by atoms with E-state index in [1.165, 1.54) is 5.69 Å². The lowest BCUT2D eigenvalue weighted by molar-refractivity contribution is -0.115. The lowest BCUT2D eigenvalue weighted by atomic mass is 10.0. The molecule has 0 atom stereocenters. The van der Waals surface area contributed by atoms with Gasteiger partial charge in [0.1, 0.15) is 11.6 Å². The number of benzene rings is 3. The van der Waals surface area contributed by atoms with Crippen LogP contribution in [0.2, 0.25) is 0 Å². The first-order chi connectivity index (χ1) is 19.1. The fourth-order valence-electron chi connectivity index (χ4n) is 4.89. The zero-order valence-electron chi connectivity index (χ0n) is 21.4. The third-order valence-corrected chi connectivity index (χ3v) is 6.94. The summed E-state index contributed by atoms with van der Waals surface area (Å²) in [6, 6.07) is 24.7. The van der Waals surface area contributed by atoms with Crippen molar-refractivity contribution in [1.82, 2.24) is 15.0 Å². The fraction of sp³-hybridized carbons (Fsp3) is 0.161. The predicted molar refractivity (Wildman–Crippen MR) is 154 cm³/mol. The topological polar surface area (TPSA) is 94.5 Å². The number of pyridine rings is 1. The average molecular weight is 517 g/mol. The number of rotatable bonds is 6. The maximum atomic E-state index is 12.4. The first-order valence-corrected chi connectivity index (χ1v) is 13.0. The summed E-state index contributed by atoms with van der Waals surface area (Å²) >= 11 is 0. The standard InChI is InChI=1S/C31H28N6O2/c38-27-3-1-2-22(18-27)19-31(39)34-25-7-4-23(5-8-25)24-6-9-28-29(20-24)35-30(21-33-28)37-16-14-36(15-17-37)26-10-12-32-13-11-26/h1-13,18,20-21,38H,14-17,19H2,(H,34,39). The molecule has 8 heteroatoms. The van der Waals surface area contributed by atoms with E-state index in [4.69, 9.17) is 4.98 Å². The van der Waals surface area contributed by atoms with Gasteiger partial charge in [-0.15, -0.1) is 0 Å². The molecule has 3 heterocycles. The summed E-state index contributed by atoms with van der Waals surface area (Å²) in [6.07, 6.45) is 5.71. The van der Waals surface area contributed by atoms with Gasteiger partial charge in [-0.1, -0.05) is 30.3 Å². The molecule has 0 bridgehead atoms. The van der Waals surface area contributed by atoms with Gasteiger partial charge in [-0.3, -0.25) is 14.8 Å². The minimum absolute atomic E-state index is 0.136. The average Bonchev–Trinajstić information content (AvgIpc) is 2.97. The van der Waals surface area contributed by atoms with E-state index in [-0.39, 0.29) is 18.1 Å². The number of hydrogen-bond acceptors (Lipinski definition) is 7. The molecule has 1 aliphatic rings. The van der Waals surface area contributed by atoms with Gasteiger partial charge in [0.25, 0.3) is 0 Å². The van der Waals surface area contributed by atoms with E-state index < -0.39 is 0 Å². The number of carbonyl (C=O) groups is 1. The van der Waals surface area contributed by atoms with Crippen LogP contribution >= 0.6 is 0 Å². The second-order valence-electron chi connectivity index (χ2n) is 9.58. The first kappa shape index (κ1) is 24.4. The molecule has 1 fully saturated rings. The van der Waals surface area contributed by atoms with Crippen LogP contribution in [-0.4, -0.2) is 52.1 Å². The number of phenolic OH excluding ortho intramolecular Hbond substituents is 1. The Kier molecular flexibility index (Phi) is 6.74. The highest BCUT2D eigenvalue weighted by molar-refractivity contribution is 5.92. The Morgan fingerprint density at radius 3 is 2.33 bits per heavy atom. The van der Waals surface area contributed by atoms with Crippen LogP contribution < -0.4 is 15.1 Å². The molecule has 0 saturated carbocycles. The van der Waals surface area contributed by atoms with Crippen molar-refractivity contribution in [2.75, 3.05) is 41.3 Å². The number of phenols is 1. The predicted octanol–water partition coefficient (Wildman–Crippen LogP) is 4.91. The van der Waals surface area contributed by atoms with Gasteiger partial charge in [-0.2, -0.15) is 0 Å². The van der Waals surface area contributed by atoms with Crippen molar-refractivity contribution < 1.29 is 9.90 Å². The van der Waals surface area contributed by atoms with Crippen LogP contribution in [0.1, 0.15) is 5.56 Å². The molecular formula is C31H28N6O2. The molecule has 39 heavy (non-hydrogen) atoms. The number of aromatic nitrogens is 3. The van der Waals surface area contributed by atoms with Crippen molar-refractivity contribution in [2.24, 2.45) is 0 Å². The van der Waals surface area contributed by atoms with Crippen molar-refractivity contribution in [3.05, 3.63) is 103 Å². The van der Waals surface area contributed by atoms with Crippen molar-refractivity contribution in [2.45, 2.75) is 6.42 Å². The van der Waals surface area contributed by atoms with Crippen molar-refractivity contribution in [3.8, 4) is 16.9 Å². The van der Waals surface area contributed by atoms with E-state index in [0.29, 0.717) is 0 Å². The van der Waals surface area contributed by atoms with Gasteiger partial charge in [-0.25, -0.2) is 4.98 Å². The molecule has 0 radical (unpaired) electrons. The quantitative estimate of drug-likeness (QED) is 0.331. The largest absolute Gasteiger partial charge is 0.508 e. The molecule has 0 unspecified atom stereocenters. The van der Waals surface area contributed by atoms with Crippen LogP contribution in [0.3, 0.4) is 0 Å². The van der Waals surface area contributed by atoms with Gasteiger partial charge >= 0.3 is 0 Å². The summed E-state index contributed by atoms with van der Waals surface area (Å²) in [6.45, 7) is 3.59. The lowest BCUT2D eigenvalue weighted by Crippen LogP contribution is -2.46. The van der Waals surface area contributed by atoms with Crippen LogP contribution in [0.4, 0.5) is 17.2 Å². The Bertz CT molecular complexity index is 1600. The Morgan fingerprint density at radius 1 is 0.821 bits per heavy atom. The second kappa shape index (κ2) is 10.8. The van der Waals surface area contributed by atoms with Gasteiger partial charge in [-0.05, 0) is 65.2 Å². The van der Waals surface area contributed by atoms with Crippen LogP contribution in [0.15, 0.2) is 97.5 Å². The highest BCUT2D eigenvalue weighted by Gasteiger charge is 2.19. The Hall–Kier alpha value is -4.98. The van der Waals surface area contributed by atoms with Crippen molar-refractivity contribution in [1.29, 1.82) is 0 Å². The summed E-state index contributed by atoms with van der Waals surface area (Å²) < 4.78 is 0. The zero-order valence-corrected chi connectivity index (χ0v) is 21.4. The Labute approximate surface area is 226 Å². The highest BCUT2D eigenvalue weighted by Crippen LogP contribution is 2.26. The highest BCUT2D eigenvalue weighted by atomic mass is 16.3. The second-order valence-corrected chi connectivity index (χ2v) is 9.58. The summed E-state index contributed by atoms with van der Waals surface area (Å²) in [4.78, 5) is 30.8. The van der Waals surface area contributed by atoms with Gasteiger partial charge in [0.05, 0.1) is 23.7 Å². The van der Waals surface area contributed by atoms with Crippen LogP contribution in [0.5, 0.6) is 5.75 Å². The van der Waals surface area contributed by atoms with E-state index in [1.807, 2.05) is 73.2 Å². The molecule has 0 aliphatic carbocycles. The molecule has 1 amide bonds. The van der Waals surface area contributed by atoms with Gasteiger partial charge in [0, 0.05) is 49.9 Å². The number of nitrogens with zero attached hydrogens (tertiary/aromatic N) is 5. The summed E-state index contributed by atoms with van der Waals surface area (Å²) in [5, 5.41) is 12.5. The number of aromatic hydroxyl groups is 1. The molecule has 1 saturated heterocycles. The molecule has 2 N–H and O–H groups in total. The third-order valence-electron chi connectivity index (χ3n) is 6.94. The maximum Gasteiger partial charge on any atom is 0.228 e. The maximum absolute atomic E-state index is 12.4. The van der Waals surface area contributed by atoms with E-state index in [9.17, 15) is 9.90 Å². The van der Waals surface area contributed by atoms with E-state index in [0.717, 1.165) is 65.4 Å². The molecule has 0 spiro atoms. The van der Waals surface area contributed by atoms with Crippen LogP contribution in [0, 0.1) is 0 Å². The fourth-order valence-corrected chi connectivity index (χ4v) is 4.89. The number of hydrogen-bond donors (Lipinski definition) is 2. The molecule has 194 valence electrons. The van der Waals surface area contributed by atoms with Crippen LogP contribution in [0.25, 0.3) is 22.2 Å². The Balaban J connectivity index is 1.13. The van der Waals surface area contributed by atoms with Gasteiger partial charge in [0.2, 0.25) is 5.91 Å². The summed E-state index contributed by atoms with van der Waals surface area (Å²) in [5.74, 6) is 0.905. The van der Waals surface area contributed by atoms with E-state index in [2.05, 4.69) is 31.2 Å². The first-order valence-electron chi connectivity index (χ1n) is 13.0. The third kappa shape index (κ3) is 5.65. The van der Waals surface area contributed by atoms with E-state index in [1.54, 1.807) is 18.2 Å². The monoisotopic (exact) mass is 516 g/mol. The smallest absolute Gasteiger partial charge is 0.228 e. The summed E-state index contributed by atoms with van der Waals surface area (Å²) in [7, 11) is 0. The number of nitrogens with one attached hydrogen (secondary N) is 1. The summed E-state index contributed by atoms with van der Waals surface area (Å²) in [5.41, 5.74) is 6.45. The normalized spacial score (nSPS) is 13.4. The minimum Gasteiger partial charge on any atom is -0.508 e.